The molecule has 21 heavy (non-hydrogen) atoms. The fourth-order valence-electron chi connectivity index (χ4n) is 2.30. The second-order valence-corrected chi connectivity index (χ2v) is 7.39. The van der Waals surface area contributed by atoms with Crippen molar-refractivity contribution in [3.05, 3.63) is 27.0 Å². The Labute approximate surface area is 134 Å². The Balaban J connectivity index is 2.29. The lowest BCUT2D eigenvalue weighted by Crippen LogP contribution is -2.21. The summed E-state index contributed by atoms with van der Waals surface area (Å²) >= 11 is 7.77. The van der Waals surface area contributed by atoms with Crippen LogP contribution < -0.4 is 5.73 Å². The first-order valence-corrected chi connectivity index (χ1v) is 8.19. The summed E-state index contributed by atoms with van der Waals surface area (Å²) in [5, 5.41) is 9.41. The molecule has 0 aromatic carbocycles. The molecule has 0 aliphatic carbocycles. The zero-order chi connectivity index (χ0) is 15.8. The highest BCUT2D eigenvalue weighted by Gasteiger charge is 2.27. The van der Waals surface area contributed by atoms with Gasteiger partial charge in [0.15, 0.2) is 0 Å². The first-order chi connectivity index (χ1) is 9.75. The third kappa shape index (κ3) is 3.27. The number of aromatic nitrogens is 4. The molecule has 1 unspecified atom stereocenters. The molecule has 2 heterocycles. The number of aryl methyl sites for hydroxylation is 2. The van der Waals surface area contributed by atoms with Gasteiger partial charge in [-0.15, -0.1) is 5.10 Å². The van der Waals surface area contributed by atoms with Gasteiger partial charge in [-0.3, -0.25) is 4.68 Å². The minimum Gasteiger partial charge on any atom is -0.323 e. The van der Waals surface area contributed by atoms with Crippen molar-refractivity contribution in [2.24, 2.45) is 12.8 Å². The first kappa shape index (κ1) is 16.4. The molecule has 0 saturated heterocycles. The van der Waals surface area contributed by atoms with Crippen molar-refractivity contribution in [2.45, 2.75) is 52.0 Å². The van der Waals surface area contributed by atoms with Crippen LogP contribution in [0, 0.1) is 0 Å². The maximum absolute atomic E-state index is 6.40. The summed E-state index contributed by atoms with van der Waals surface area (Å²) in [5.74, 6) is 0. The van der Waals surface area contributed by atoms with Gasteiger partial charge >= 0.3 is 0 Å². The van der Waals surface area contributed by atoms with Gasteiger partial charge in [-0.25, -0.2) is 0 Å². The minimum atomic E-state index is -0.170. The van der Waals surface area contributed by atoms with Crippen LogP contribution in [0.4, 0.5) is 0 Å². The van der Waals surface area contributed by atoms with Crippen molar-refractivity contribution in [3.8, 4) is 0 Å². The molecule has 1 atom stereocenters. The quantitative estimate of drug-likeness (QED) is 0.937. The van der Waals surface area contributed by atoms with Crippen LogP contribution in [0.15, 0.2) is 0 Å². The SMILES string of the molecule is CCc1nn(C)c(CC(N)c2snnc2C(C)(C)C)c1Cl. The summed E-state index contributed by atoms with van der Waals surface area (Å²) in [4.78, 5) is 1.03. The molecule has 2 N–H and O–H groups in total. The van der Waals surface area contributed by atoms with Crippen molar-refractivity contribution in [3.63, 3.8) is 0 Å². The average molecular weight is 328 g/mol. The Hall–Kier alpha value is -0.980. The fourth-order valence-corrected chi connectivity index (χ4v) is 3.54. The van der Waals surface area contributed by atoms with E-state index in [0.29, 0.717) is 6.42 Å². The average Bonchev–Trinajstić information content (AvgIpc) is 2.98. The van der Waals surface area contributed by atoms with Gasteiger partial charge in [-0.2, -0.15) is 5.10 Å². The number of nitrogens with zero attached hydrogens (tertiary/aromatic N) is 4. The zero-order valence-corrected chi connectivity index (χ0v) is 14.7. The molecular weight excluding hydrogens is 306 g/mol. The van der Waals surface area contributed by atoms with Gasteiger partial charge in [0.05, 0.1) is 27.0 Å². The predicted molar refractivity (Wildman–Crippen MR) is 86.8 cm³/mol. The van der Waals surface area contributed by atoms with Crippen LogP contribution in [-0.2, 0) is 25.3 Å². The van der Waals surface area contributed by atoms with Gasteiger partial charge in [-0.05, 0) is 18.0 Å². The molecule has 0 saturated carbocycles. The van der Waals surface area contributed by atoms with Gasteiger partial charge in [0.2, 0.25) is 0 Å². The molecule has 5 nitrogen and oxygen atoms in total. The minimum absolute atomic E-state index is 0.0647. The van der Waals surface area contributed by atoms with E-state index in [1.54, 1.807) is 0 Å². The van der Waals surface area contributed by atoms with Gasteiger partial charge in [-0.1, -0.05) is 43.8 Å². The molecular formula is C14H22ClN5S. The molecule has 0 aliphatic rings. The summed E-state index contributed by atoms with van der Waals surface area (Å²) in [7, 11) is 1.91. The second-order valence-electron chi connectivity index (χ2n) is 6.23. The van der Waals surface area contributed by atoms with Crippen molar-refractivity contribution >= 4 is 23.1 Å². The van der Waals surface area contributed by atoms with E-state index < -0.39 is 0 Å². The molecule has 0 bridgehead atoms. The smallest absolute Gasteiger partial charge is 0.0857 e. The Morgan fingerprint density at radius 1 is 1.38 bits per heavy atom. The summed E-state index contributed by atoms with van der Waals surface area (Å²) < 4.78 is 5.90. The highest BCUT2D eigenvalue weighted by Crippen LogP contribution is 2.32. The van der Waals surface area contributed by atoms with E-state index in [-0.39, 0.29) is 11.5 Å². The third-order valence-corrected chi connectivity index (χ3v) is 4.77. The van der Waals surface area contributed by atoms with Gasteiger partial charge in [0.25, 0.3) is 0 Å². The van der Waals surface area contributed by atoms with Crippen LogP contribution in [0.25, 0.3) is 0 Å². The van der Waals surface area contributed by atoms with Crippen LogP contribution >= 0.6 is 23.1 Å². The summed E-state index contributed by atoms with van der Waals surface area (Å²) in [5.41, 5.74) is 9.17. The number of halogens is 1. The number of hydrogen-bond donors (Lipinski definition) is 1. The molecule has 116 valence electrons. The van der Waals surface area contributed by atoms with Gasteiger partial charge in [0, 0.05) is 24.9 Å². The van der Waals surface area contributed by atoms with Crippen molar-refractivity contribution in [1.82, 2.24) is 19.4 Å². The molecule has 2 rings (SSSR count). The molecule has 0 fully saturated rings. The summed E-state index contributed by atoms with van der Waals surface area (Å²) in [6.07, 6.45) is 1.45. The standard InChI is InChI=1S/C14H22ClN5S/c1-6-9-11(15)10(20(5)18-9)7-8(16)12-13(14(2,3)4)17-19-21-12/h8H,6-7,16H2,1-5H3. The van der Waals surface area contributed by atoms with Crippen molar-refractivity contribution < 1.29 is 0 Å². The fraction of sp³-hybridized carbons (Fsp3) is 0.643. The second kappa shape index (κ2) is 6.02. The molecule has 2 aromatic heterocycles. The normalized spacial score (nSPS) is 13.7. The maximum Gasteiger partial charge on any atom is 0.0857 e. The zero-order valence-electron chi connectivity index (χ0n) is 13.1. The van der Waals surface area contributed by atoms with E-state index >= 15 is 0 Å². The van der Waals surface area contributed by atoms with Crippen LogP contribution in [0.5, 0.6) is 0 Å². The van der Waals surface area contributed by atoms with Crippen LogP contribution in [0.2, 0.25) is 5.02 Å². The Morgan fingerprint density at radius 2 is 2.05 bits per heavy atom. The van der Waals surface area contributed by atoms with E-state index in [1.165, 1.54) is 11.5 Å². The molecule has 0 radical (unpaired) electrons. The Kier molecular flexibility index (Phi) is 4.70. The van der Waals surface area contributed by atoms with E-state index in [9.17, 15) is 0 Å². The van der Waals surface area contributed by atoms with Gasteiger partial charge < -0.3 is 5.73 Å². The van der Waals surface area contributed by atoms with Crippen LogP contribution in [0.3, 0.4) is 0 Å². The molecule has 2 aromatic rings. The summed E-state index contributed by atoms with van der Waals surface area (Å²) in [6, 6.07) is -0.170. The molecule has 7 heteroatoms. The van der Waals surface area contributed by atoms with E-state index in [0.717, 1.165) is 33.4 Å². The lowest BCUT2D eigenvalue weighted by atomic mass is 9.89. The Bertz CT molecular complexity index is 626. The molecule has 0 amide bonds. The van der Waals surface area contributed by atoms with Crippen LogP contribution in [-0.4, -0.2) is 19.4 Å². The van der Waals surface area contributed by atoms with Crippen molar-refractivity contribution in [1.29, 1.82) is 0 Å². The topological polar surface area (TPSA) is 69.6 Å². The van der Waals surface area contributed by atoms with Crippen LogP contribution in [0.1, 0.15) is 55.7 Å². The molecule has 0 aliphatic heterocycles. The number of nitrogens with two attached hydrogens (primary N) is 1. The lowest BCUT2D eigenvalue weighted by Gasteiger charge is -2.19. The number of hydrogen-bond acceptors (Lipinski definition) is 5. The molecule has 0 spiro atoms. The number of rotatable bonds is 4. The monoisotopic (exact) mass is 327 g/mol. The van der Waals surface area contributed by atoms with Gasteiger partial charge in [0.1, 0.15) is 0 Å². The highest BCUT2D eigenvalue weighted by atomic mass is 35.5. The third-order valence-electron chi connectivity index (χ3n) is 3.48. The van der Waals surface area contributed by atoms with Crippen molar-refractivity contribution in [2.75, 3.05) is 0 Å². The van der Waals surface area contributed by atoms with E-state index in [1.807, 2.05) is 18.7 Å². The maximum atomic E-state index is 6.40. The Morgan fingerprint density at radius 3 is 2.57 bits per heavy atom. The van der Waals surface area contributed by atoms with E-state index in [2.05, 4.69) is 35.5 Å². The predicted octanol–water partition coefficient (Wildman–Crippen LogP) is 3.03. The first-order valence-electron chi connectivity index (χ1n) is 7.04. The largest absolute Gasteiger partial charge is 0.323 e. The van der Waals surface area contributed by atoms with E-state index in [4.69, 9.17) is 17.3 Å². The summed E-state index contributed by atoms with van der Waals surface area (Å²) in [6.45, 7) is 8.40. The highest BCUT2D eigenvalue weighted by molar-refractivity contribution is 7.05. The lowest BCUT2D eigenvalue weighted by molar-refractivity contribution is 0.547.